The SMILES string of the molecule is CN(C(=O)c1cncc(C(=O)N(C)C(CO)CO)n1)C(CO)CO. The number of carbonyl (C=O) groups is 2. The van der Waals surface area contributed by atoms with Gasteiger partial charge in [-0.25, -0.2) is 4.98 Å². The van der Waals surface area contributed by atoms with Crippen LogP contribution in [0.5, 0.6) is 0 Å². The average molecular weight is 342 g/mol. The predicted octanol–water partition coefficient (Wildman–Crippen LogP) is -2.67. The van der Waals surface area contributed by atoms with Gasteiger partial charge in [0, 0.05) is 14.1 Å². The highest BCUT2D eigenvalue weighted by Crippen LogP contribution is 2.07. The highest BCUT2D eigenvalue weighted by Gasteiger charge is 2.25. The molecule has 0 spiro atoms. The summed E-state index contributed by atoms with van der Waals surface area (Å²) in [6.45, 7) is -1.71. The molecule has 24 heavy (non-hydrogen) atoms. The molecule has 0 aromatic carbocycles. The molecule has 0 atom stereocenters. The number of rotatable bonds is 8. The number of aliphatic hydroxyl groups excluding tert-OH is 4. The Hall–Kier alpha value is -2.14. The average Bonchev–Trinajstić information content (AvgIpc) is 2.62. The zero-order valence-electron chi connectivity index (χ0n) is 13.5. The Morgan fingerprint density at radius 1 is 0.875 bits per heavy atom. The van der Waals surface area contributed by atoms with E-state index in [2.05, 4.69) is 9.97 Å². The molecular formula is C14H22N4O6. The molecule has 0 saturated carbocycles. The first-order chi connectivity index (χ1) is 11.4. The molecule has 0 bridgehead atoms. The zero-order chi connectivity index (χ0) is 18.3. The summed E-state index contributed by atoms with van der Waals surface area (Å²) >= 11 is 0. The summed E-state index contributed by atoms with van der Waals surface area (Å²) in [6, 6.07) is -1.59. The molecule has 0 saturated heterocycles. The molecule has 10 heteroatoms. The molecule has 4 N–H and O–H groups in total. The Bertz CT molecular complexity index is 517. The maximum Gasteiger partial charge on any atom is 0.274 e. The molecule has 134 valence electrons. The molecule has 0 fully saturated rings. The maximum atomic E-state index is 12.3. The second-order valence-electron chi connectivity index (χ2n) is 5.16. The number of nitrogens with zero attached hydrogens (tertiary/aromatic N) is 4. The summed E-state index contributed by atoms with van der Waals surface area (Å²) in [6.07, 6.45) is 2.33. The number of aliphatic hydroxyl groups is 4. The van der Waals surface area contributed by atoms with Crippen molar-refractivity contribution in [1.29, 1.82) is 0 Å². The van der Waals surface area contributed by atoms with Crippen LogP contribution in [0.2, 0.25) is 0 Å². The number of hydrogen-bond donors (Lipinski definition) is 4. The number of likely N-dealkylation sites (N-methyl/N-ethyl adjacent to an activating group) is 2. The standard InChI is InChI=1S/C14H22N4O6/c1-17(9(5-19)6-20)13(23)11-3-15-4-12(16-11)14(24)18(2)10(7-21)8-22/h3-4,9-10,19-22H,5-8H2,1-2H3. The van der Waals surface area contributed by atoms with Gasteiger partial charge in [0.05, 0.1) is 50.9 Å². The highest BCUT2D eigenvalue weighted by molar-refractivity contribution is 5.95. The second kappa shape index (κ2) is 9.23. The van der Waals surface area contributed by atoms with Crippen LogP contribution < -0.4 is 0 Å². The number of aromatic nitrogens is 2. The van der Waals surface area contributed by atoms with Gasteiger partial charge in [-0.05, 0) is 0 Å². The fourth-order valence-corrected chi connectivity index (χ4v) is 1.87. The molecule has 0 radical (unpaired) electrons. The topological polar surface area (TPSA) is 147 Å². The Kier molecular flexibility index (Phi) is 7.65. The monoisotopic (exact) mass is 342 g/mol. The molecule has 1 rings (SSSR count). The van der Waals surface area contributed by atoms with Crippen molar-refractivity contribution < 1.29 is 30.0 Å². The number of amides is 2. The van der Waals surface area contributed by atoms with E-state index in [0.717, 1.165) is 22.2 Å². The van der Waals surface area contributed by atoms with Gasteiger partial charge in [0.1, 0.15) is 11.4 Å². The van der Waals surface area contributed by atoms with Crippen LogP contribution in [0, 0.1) is 0 Å². The van der Waals surface area contributed by atoms with E-state index in [9.17, 15) is 9.59 Å². The maximum absolute atomic E-state index is 12.3. The number of hydrogen-bond acceptors (Lipinski definition) is 8. The highest BCUT2D eigenvalue weighted by atomic mass is 16.3. The third-order valence-electron chi connectivity index (χ3n) is 3.65. The minimum atomic E-state index is -0.797. The van der Waals surface area contributed by atoms with Gasteiger partial charge in [0.25, 0.3) is 11.8 Å². The first kappa shape index (κ1) is 19.9. The van der Waals surface area contributed by atoms with E-state index in [1.807, 2.05) is 0 Å². The molecule has 10 nitrogen and oxygen atoms in total. The fourth-order valence-electron chi connectivity index (χ4n) is 1.87. The van der Waals surface area contributed by atoms with Crippen molar-refractivity contribution in [2.24, 2.45) is 0 Å². The third-order valence-corrected chi connectivity index (χ3v) is 3.65. The van der Waals surface area contributed by atoms with Crippen LogP contribution in [0.25, 0.3) is 0 Å². The van der Waals surface area contributed by atoms with Crippen LogP contribution in [-0.4, -0.2) is 105 Å². The molecule has 1 heterocycles. The first-order valence-electron chi connectivity index (χ1n) is 7.21. The smallest absolute Gasteiger partial charge is 0.274 e. The Labute approximate surface area is 139 Å². The van der Waals surface area contributed by atoms with Crippen LogP contribution in [-0.2, 0) is 0 Å². The van der Waals surface area contributed by atoms with Crippen LogP contribution >= 0.6 is 0 Å². The molecular weight excluding hydrogens is 320 g/mol. The summed E-state index contributed by atoms with van der Waals surface area (Å²) in [5.41, 5.74) is -0.263. The molecule has 2 amide bonds. The predicted molar refractivity (Wildman–Crippen MR) is 82.1 cm³/mol. The van der Waals surface area contributed by atoms with Crippen molar-refractivity contribution in [3.8, 4) is 0 Å². The fraction of sp³-hybridized carbons (Fsp3) is 0.571. The lowest BCUT2D eigenvalue weighted by molar-refractivity contribution is 0.0527. The van der Waals surface area contributed by atoms with E-state index in [0.29, 0.717) is 0 Å². The van der Waals surface area contributed by atoms with Gasteiger partial charge in [0.2, 0.25) is 0 Å². The van der Waals surface area contributed by atoms with Crippen molar-refractivity contribution in [2.75, 3.05) is 40.5 Å². The summed E-state index contributed by atoms with van der Waals surface area (Å²) < 4.78 is 0. The van der Waals surface area contributed by atoms with E-state index in [4.69, 9.17) is 20.4 Å². The van der Waals surface area contributed by atoms with Gasteiger partial charge in [-0.2, -0.15) is 0 Å². The largest absolute Gasteiger partial charge is 0.394 e. The molecule has 0 aliphatic heterocycles. The lowest BCUT2D eigenvalue weighted by Crippen LogP contribution is -2.43. The summed E-state index contributed by atoms with van der Waals surface area (Å²) in [4.78, 5) is 34.5. The van der Waals surface area contributed by atoms with E-state index in [-0.39, 0.29) is 11.4 Å². The lowest BCUT2D eigenvalue weighted by atomic mass is 10.2. The Morgan fingerprint density at radius 3 is 1.50 bits per heavy atom. The number of carbonyl (C=O) groups excluding carboxylic acids is 2. The summed E-state index contributed by atoms with van der Waals surface area (Å²) in [7, 11) is 2.77. The van der Waals surface area contributed by atoms with Crippen molar-refractivity contribution in [2.45, 2.75) is 12.1 Å². The van der Waals surface area contributed by atoms with Gasteiger partial charge >= 0.3 is 0 Å². The van der Waals surface area contributed by atoms with Crippen LogP contribution in [0.1, 0.15) is 21.0 Å². The minimum Gasteiger partial charge on any atom is -0.394 e. The van der Waals surface area contributed by atoms with Gasteiger partial charge in [0.15, 0.2) is 0 Å². The van der Waals surface area contributed by atoms with Crippen molar-refractivity contribution in [3.63, 3.8) is 0 Å². The van der Waals surface area contributed by atoms with Gasteiger partial charge < -0.3 is 30.2 Å². The minimum absolute atomic E-state index is 0.131. The van der Waals surface area contributed by atoms with E-state index in [1.165, 1.54) is 14.1 Å². The van der Waals surface area contributed by atoms with Crippen LogP contribution in [0.3, 0.4) is 0 Å². The molecule has 1 aromatic heterocycles. The van der Waals surface area contributed by atoms with E-state index >= 15 is 0 Å². The Morgan fingerprint density at radius 2 is 1.21 bits per heavy atom. The van der Waals surface area contributed by atoms with Crippen molar-refractivity contribution >= 4 is 11.8 Å². The van der Waals surface area contributed by atoms with E-state index < -0.39 is 50.3 Å². The zero-order valence-corrected chi connectivity index (χ0v) is 13.5. The van der Waals surface area contributed by atoms with E-state index in [1.54, 1.807) is 0 Å². The normalized spacial score (nSPS) is 11.0. The summed E-state index contributed by atoms with van der Waals surface area (Å²) in [5, 5.41) is 36.5. The molecule has 0 aliphatic carbocycles. The molecule has 0 unspecified atom stereocenters. The van der Waals surface area contributed by atoms with Crippen molar-refractivity contribution in [3.05, 3.63) is 23.8 Å². The third kappa shape index (κ3) is 4.45. The first-order valence-corrected chi connectivity index (χ1v) is 7.21. The lowest BCUT2D eigenvalue weighted by Gasteiger charge is -2.25. The van der Waals surface area contributed by atoms with Gasteiger partial charge in [-0.1, -0.05) is 0 Å². The van der Waals surface area contributed by atoms with Gasteiger partial charge in [-0.3, -0.25) is 14.6 Å². The van der Waals surface area contributed by atoms with Crippen molar-refractivity contribution in [1.82, 2.24) is 19.8 Å². The second-order valence-corrected chi connectivity index (χ2v) is 5.16. The van der Waals surface area contributed by atoms with Crippen LogP contribution in [0.4, 0.5) is 0 Å². The molecule has 1 aromatic rings. The van der Waals surface area contributed by atoms with Gasteiger partial charge in [-0.15, -0.1) is 0 Å². The van der Waals surface area contributed by atoms with Crippen LogP contribution in [0.15, 0.2) is 12.4 Å². The Balaban J connectivity index is 3.01. The quantitative estimate of drug-likeness (QED) is 0.400. The molecule has 0 aliphatic rings. The summed E-state index contributed by atoms with van der Waals surface area (Å²) in [5.74, 6) is -1.23.